The highest BCUT2D eigenvalue weighted by Crippen LogP contribution is 2.20. The summed E-state index contributed by atoms with van der Waals surface area (Å²) in [6, 6.07) is 6.95. The van der Waals surface area contributed by atoms with Crippen LogP contribution < -0.4 is 10.0 Å². The molecule has 1 atom stereocenters. The second-order valence-electron chi connectivity index (χ2n) is 8.06. The molecule has 0 radical (unpaired) electrons. The molecular weight excluding hydrogens is 500 g/mol. The molecule has 1 aromatic carbocycles. The summed E-state index contributed by atoms with van der Waals surface area (Å²) in [5.41, 5.74) is 1.72. The van der Waals surface area contributed by atoms with Gasteiger partial charge in [0.2, 0.25) is 21.7 Å². The molecule has 12 nitrogen and oxygen atoms in total. The van der Waals surface area contributed by atoms with Gasteiger partial charge in [-0.2, -0.15) is 4.72 Å². The van der Waals surface area contributed by atoms with Gasteiger partial charge < -0.3 is 14.3 Å². The first-order valence-electron chi connectivity index (χ1n) is 10.6. The van der Waals surface area contributed by atoms with E-state index in [1.807, 2.05) is 4.72 Å². The second kappa shape index (κ2) is 10.7. The third kappa shape index (κ3) is 7.19. The van der Waals surface area contributed by atoms with Crippen LogP contribution in [-0.2, 0) is 30.4 Å². The van der Waals surface area contributed by atoms with Crippen molar-refractivity contribution >= 4 is 42.7 Å². The molecular formula is C21H26N4O8S2. The Kier molecular flexibility index (Phi) is 8.07. The van der Waals surface area contributed by atoms with Crippen LogP contribution in [0.2, 0.25) is 0 Å². The molecule has 0 saturated heterocycles. The average Bonchev–Trinajstić information content (AvgIpc) is 3.34. The van der Waals surface area contributed by atoms with Gasteiger partial charge in [-0.1, -0.05) is 17.3 Å². The molecule has 14 heteroatoms. The van der Waals surface area contributed by atoms with Crippen molar-refractivity contribution in [3.05, 3.63) is 47.2 Å². The minimum absolute atomic E-state index is 0.0274. The first kappa shape index (κ1) is 26.5. The normalized spacial score (nSPS) is 13.1. The maximum atomic E-state index is 12.9. The quantitative estimate of drug-likeness (QED) is 0.259. The summed E-state index contributed by atoms with van der Waals surface area (Å²) in [7, 11) is -8.08. The molecule has 0 saturated carbocycles. The van der Waals surface area contributed by atoms with Gasteiger partial charge in [0, 0.05) is 18.5 Å². The van der Waals surface area contributed by atoms with Gasteiger partial charge in [-0.15, -0.1) is 0 Å². The zero-order valence-electron chi connectivity index (χ0n) is 19.4. The van der Waals surface area contributed by atoms with Gasteiger partial charge in [0.15, 0.2) is 15.4 Å². The van der Waals surface area contributed by atoms with Gasteiger partial charge in [-0.25, -0.2) is 21.8 Å². The molecule has 0 fully saturated rings. The Morgan fingerprint density at radius 1 is 1.11 bits per heavy atom. The van der Waals surface area contributed by atoms with E-state index in [4.69, 9.17) is 8.94 Å². The van der Waals surface area contributed by atoms with Crippen LogP contribution in [0.25, 0.3) is 11.1 Å². The third-order valence-electron chi connectivity index (χ3n) is 5.11. The Morgan fingerprint density at radius 2 is 1.83 bits per heavy atom. The summed E-state index contributed by atoms with van der Waals surface area (Å²) >= 11 is 0. The summed E-state index contributed by atoms with van der Waals surface area (Å²) in [6.07, 6.45) is 0.459. The molecule has 190 valence electrons. The van der Waals surface area contributed by atoms with Gasteiger partial charge in [-0.3, -0.25) is 9.59 Å². The topological polar surface area (TPSA) is 179 Å². The number of Topliss-reactive ketones (excluding diaryl/α,β-unsaturated/α-hetero) is 1. The number of aryl methyl sites for hydroxylation is 2. The van der Waals surface area contributed by atoms with Crippen LogP contribution >= 0.6 is 0 Å². The van der Waals surface area contributed by atoms with Crippen molar-refractivity contribution in [1.82, 2.24) is 20.2 Å². The molecule has 0 aliphatic carbocycles. The Bertz CT molecular complexity index is 1390. The molecule has 0 aliphatic heterocycles. The van der Waals surface area contributed by atoms with Crippen LogP contribution in [0.3, 0.4) is 0 Å². The van der Waals surface area contributed by atoms with E-state index < -0.39 is 43.3 Å². The minimum Gasteiger partial charge on any atom is -0.434 e. The van der Waals surface area contributed by atoms with Gasteiger partial charge >= 0.3 is 0 Å². The fourth-order valence-corrected chi connectivity index (χ4v) is 6.40. The number of hydrogen-bond donors (Lipinski definition) is 2. The van der Waals surface area contributed by atoms with Crippen molar-refractivity contribution in [1.29, 1.82) is 0 Å². The molecule has 35 heavy (non-hydrogen) atoms. The number of nitrogens with zero attached hydrogens (tertiary/aromatic N) is 2. The van der Waals surface area contributed by atoms with E-state index in [0.717, 1.165) is 6.26 Å². The number of rotatable bonds is 12. The van der Waals surface area contributed by atoms with E-state index in [1.165, 1.54) is 0 Å². The van der Waals surface area contributed by atoms with Crippen LogP contribution in [-0.4, -0.2) is 56.8 Å². The molecule has 1 amide bonds. The summed E-state index contributed by atoms with van der Waals surface area (Å²) in [5.74, 6) is -1.32. The van der Waals surface area contributed by atoms with E-state index in [1.54, 1.807) is 38.1 Å². The number of aromatic nitrogens is 2. The second-order valence-corrected chi connectivity index (χ2v) is 12.0. The lowest BCUT2D eigenvalue weighted by Gasteiger charge is -2.18. The Labute approximate surface area is 202 Å². The molecule has 2 aromatic heterocycles. The van der Waals surface area contributed by atoms with E-state index in [2.05, 4.69) is 15.5 Å². The van der Waals surface area contributed by atoms with Crippen LogP contribution in [0.5, 0.6) is 0 Å². The van der Waals surface area contributed by atoms with Crippen LogP contribution in [0.15, 0.2) is 33.2 Å². The van der Waals surface area contributed by atoms with Gasteiger partial charge in [-0.05, 0) is 32.4 Å². The molecule has 1 unspecified atom stereocenters. The molecule has 0 aliphatic rings. The summed E-state index contributed by atoms with van der Waals surface area (Å²) in [5, 5.41) is 4.52. The number of sulfone groups is 1. The van der Waals surface area contributed by atoms with E-state index in [0.29, 0.717) is 22.4 Å². The van der Waals surface area contributed by atoms with Crippen molar-refractivity contribution < 1.29 is 35.4 Å². The van der Waals surface area contributed by atoms with Crippen LogP contribution in [0.4, 0.5) is 0 Å². The van der Waals surface area contributed by atoms with E-state index in [9.17, 15) is 26.4 Å². The number of oxazole rings is 1. The molecule has 2 heterocycles. The molecule has 3 aromatic rings. The molecule has 0 bridgehead atoms. The standard InChI is InChI=1S/C21H26N4O8S2/c1-13-15(14(2)33-24-13)12-35(30,31)20(25-34(3,28)29)11-19(27)22-10-6-8-17(26)21-23-16-7-4-5-9-18(16)32-21/h4-5,7,9,20,25H,6,8,10-12H2,1-3H3,(H,22,27). The highest BCUT2D eigenvalue weighted by Gasteiger charge is 2.32. The molecule has 2 N–H and O–H groups in total. The highest BCUT2D eigenvalue weighted by atomic mass is 32.2. The lowest BCUT2D eigenvalue weighted by Crippen LogP contribution is -2.44. The van der Waals surface area contributed by atoms with Gasteiger partial charge in [0.25, 0.3) is 5.89 Å². The number of amides is 1. The highest BCUT2D eigenvalue weighted by molar-refractivity contribution is 7.93. The molecule has 0 spiro atoms. The monoisotopic (exact) mass is 526 g/mol. The fourth-order valence-electron chi connectivity index (χ4n) is 3.31. The number of hydrogen-bond acceptors (Lipinski definition) is 10. The first-order chi connectivity index (χ1) is 16.4. The number of fused-ring (bicyclic) bond motifs is 1. The largest absolute Gasteiger partial charge is 0.434 e. The number of sulfonamides is 1. The maximum absolute atomic E-state index is 12.9. The van der Waals surface area contributed by atoms with E-state index >= 15 is 0 Å². The smallest absolute Gasteiger partial charge is 0.264 e. The van der Waals surface area contributed by atoms with Gasteiger partial charge in [0.1, 0.15) is 16.7 Å². The number of para-hydroxylation sites is 2. The maximum Gasteiger partial charge on any atom is 0.264 e. The number of carbonyl (C=O) groups excluding carboxylic acids is 2. The van der Waals surface area contributed by atoms with Crippen molar-refractivity contribution in [3.8, 4) is 0 Å². The summed E-state index contributed by atoms with van der Waals surface area (Å²) in [6.45, 7) is 3.17. The number of benzene rings is 1. The van der Waals surface area contributed by atoms with E-state index in [-0.39, 0.29) is 36.8 Å². The van der Waals surface area contributed by atoms with Gasteiger partial charge in [0.05, 0.1) is 24.1 Å². The SMILES string of the molecule is Cc1noc(C)c1CS(=O)(=O)C(CC(=O)NCCCC(=O)c1nc2ccccc2o1)NS(C)(=O)=O. The summed E-state index contributed by atoms with van der Waals surface area (Å²) < 4.78 is 61.8. The van der Waals surface area contributed by atoms with Crippen LogP contribution in [0.1, 0.15) is 47.0 Å². The lowest BCUT2D eigenvalue weighted by molar-refractivity contribution is -0.121. The lowest BCUT2D eigenvalue weighted by atomic mass is 10.2. The average molecular weight is 527 g/mol. The Hall–Kier alpha value is -3.10. The number of ketones is 1. The first-order valence-corrected chi connectivity index (χ1v) is 14.2. The fraction of sp³-hybridized carbons (Fsp3) is 0.429. The van der Waals surface area contributed by atoms with Crippen LogP contribution in [0, 0.1) is 13.8 Å². The van der Waals surface area contributed by atoms with Crippen molar-refractivity contribution in [3.63, 3.8) is 0 Å². The zero-order valence-corrected chi connectivity index (χ0v) is 21.0. The van der Waals surface area contributed by atoms with Crippen molar-refractivity contribution in [2.45, 2.75) is 44.2 Å². The predicted octanol–water partition coefficient (Wildman–Crippen LogP) is 1.39. The minimum atomic E-state index is -4.14. The zero-order chi connectivity index (χ0) is 25.8. The van der Waals surface area contributed by atoms with Crippen molar-refractivity contribution in [2.75, 3.05) is 12.8 Å². The van der Waals surface area contributed by atoms with Crippen molar-refractivity contribution in [2.24, 2.45) is 0 Å². The number of nitrogens with one attached hydrogen (secondary N) is 2. The summed E-state index contributed by atoms with van der Waals surface area (Å²) in [4.78, 5) is 28.8. The Balaban J connectivity index is 1.56. The predicted molar refractivity (Wildman–Crippen MR) is 126 cm³/mol. The third-order valence-corrected chi connectivity index (χ3v) is 7.82. The Morgan fingerprint density at radius 3 is 2.46 bits per heavy atom. The molecule has 3 rings (SSSR count). The number of carbonyl (C=O) groups is 2.